The Bertz CT molecular complexity index is 308. The molecule has 10 heavy (non-hydrogen) atoms. The highest BCUT2D eigenvalue weighted by Gasteiger charge is 2.08. The topological polar surface area (TPSA) is 34.1 Å². The number of ketones is 1. The first-order chi connectivity index (χ1) is 4.63. The molecule has 0 N–H and O–H groups in total. The Morgan fingerprint density at radius 1 is 1.40 bits per heavy atom. The van der Waals surface area contributed by atoms with Gasteiger partial charge in [-0.2, -0.15) is 0 Å². The first-order valence-electron chi connectivity index (χ1n) is 2.73. The van der Waals surface area contributed by atoms with Gasteiger partial charge in [0.05, 0.1) is 4.88 Å². The van der Waals surface area contributed by atoms with E-state index in [0.717, 1.165) is 10.3 Å². The lowest BCUT2D eigenvalue weighted by atomic mass is 10.2. The minimum atomic E-state index is -0.0131. The summed E-state index contributed by atoms with van der Waals surface area (Å²) < 4.78 is 0.00944. The monoisotopic (exact) mass is 174 g/mol. The summed E-state index contributed by atoms with van der Waals surface area (Å²) in [5.74, 6) is -0.0131. The van der Waals surface area contributed by atoms with Gasteiger partial charge < -0.3 is 0 Å². The Labute approximate surface area is 65.5 Å². The second kappa shape index (κ2) is 2.64. The van der Waals surface area contributed by atoms with E-state index in [-0.39, 0.29) is 10.5 Å². The van der Waals surface area contributed by atoms with Crippen LogP contribution >= 0.6 is 20.7 Å². The van der Waals surface area contributed by atoms with Crippen LogP contribution in [0.1, 0.15) is 22.2 Å². The number of carbonyl (C=O) groups is 1. The van der Waals surface area contributed by atoms with E-state index in [0.29, 0.717) is 10.4 Å². The number of Topliss-reactive ketones (excluding diaryl/α,β-unsaturated/α-hetero) is 1. The lowest BCUT2D eigenvalue weighted by Gasteiger charge is -1.85. The molecule has 1 rings (SSSR count). The molecule has 2 nitrogen and oxygen atoms in total. The Hall–Kier alpha value is -0.480. The van der Waals surface area contributed by atoms with Crippen molar-refractivity contribution in [2.75, 3.05) is 0 Å². The Morgan fingerprint density at radius 2 is 2.00 bits per heavy atom. The van der Waals surface area contributed by atoms with Gasteiger partial charge in [-0.05, 0) is 24.2 Å². The fourth-order valence-electron chi connectivity index (χ4n) is 0.620. The lowest BCUT2D eigenvalue weighted by Crippen LogP contribution is -1.98. The molecule has 1 heterocycles. The van der Waals surface area contributed by atoms with Crippen LogP contribution in [0.15, 0.2) is 4.79 Å². The fourth-order valence-corrected chi connectivity index (χ4v) is 2.98. The molecule has 54 valence electrons. The van der Waals surface area contributed by atoms with Gasteiger partial charge in [0, 0.05) is 5.56 Å². The number of hydrogen-bond acceptors (Lipinski definition) is 4. The van der Waals surface area contributed by atoms with Crippen molar-refractivity contribution in [3.8, 4) is 0 Å². The molecular weight excluding hydrogens is 168 g/mol. The minimum absolute atomic E-state index is 0.00944. The van der Waals surface area contributed by atoms with Gasteiger partial charge >= 0.3 is 0 Å². The molecule has 0 unspecified atom stereocenters. The van der Waals surface area contributed by atoms with Crippen molar-refractivity contribution in [1.29, 1.82) is 0 Å². The number of rotatable bonds is 1. The van der Waals surface area contributed by atoms with Crippen molar-refractivity contribution in [2.24, 2.45) is 0 Å². The third kappa shape index (κ3) is 1.17. The fraction of sp³-hybridized carbons (Fsp3) is 0.333. The predicted octanol–water partition coefficient (Wildman–Crippen LogP) is 1.68. The second-order valence-corrected chi connectivity index (χ2v) is 4.08. The average Bonchev–Trinajstić information content (AvgIpc) is 2.14. The summed E-state index contributed by atoms with van der Waals surface area (Å²) in [7, 11) is 2.39. The standard InChI is InChI=1S/C6H6O2S2/c1-3-5(4(2)7)9-10-6(3)8/h1-2H3. The molecule has 0 fully saturated rings. The van der Waals surface area contributed by atoms with E-state index >= 15 is 0 Å². The van der Waals surface area contributed by atoms with E-state index in [1.165, 1.54) is 17.3 Å². The average molecular weight is 174 g/mol. The molecule has 1 aromatic heterocycles. The third-order valence-corrected chi connectivity index (χ3v) is 3.67. The smallest absolute Gasteiger partial charge is 0.246 e. The van der Waals surface area contributed by atoms with Gasteiger partial charge in [-0.1, -0.05) is 10.3 Å². The molecule has 0 radical (unpaired) electrons. The normalized spacial score (nSPS) is 9.80. The van der Waals surface area contributed by atoms with E-state index in [2.05, 4.69) is 0 Å². The zero-order valence-corrected chi connectivity index (χ0v) is 7.27. The van der Waals surface area contributed by atoms with E-state index < -0.39 is 0 Å². The molecule has 4 heteroatoms. The highest BCUT2D eigenvalue weighted by molar-refractivity contribution is 7.69. The van der Waals surface area contributed by atoms with Crippen LogP contribution in [0.2, 0.25) is 0 Å². The van der Waals surface area contributed by atoms with E-state index in [1.54, 1.807) is 6.92 Å². The van der Waals surface area contributed by atoms with Crippen LogP contribution in [-0.4, -0.2) is 5.78 Å². The maximum Gasteiger partial charge on any atom is 0.246 e. The summed E-state index contributed by atoms with van der Waals surface area (Å²) in [4.78, 5) is 22.2. The van der Waals surface area contributed by atoms with Crippen LogP contribution in [0.5, 0.6) is 0 Å². The maximum absolute atomic E-state index is 10.8. The zero-order valence-electron chi connectivity index (χ0n) is 5.63. The molecule has 0 aliphatic carbocycles. The first kappa shape index (κ1) is 7.63. The van der Waals surface area contributed by atoms with E-state index in [1.807, 2.05) is 0 Å². The SMILES string of the molecule is CC(=O)c1ssc(=O)c1C. The Kier molecular flexibility index (Phi) is 2.01. The summed E-state index contributed by atoms with van der Waals surface area (Å²) in [6.07, 6.45) is 0. The molecule has 0 bridgehead atoms. The van der Waals surface area contributed by atoms with Gasteiger partial charge in [0.15, 0.2) is 5.78 Å². The van der Waals surface area contributed by atoms with Gasteiger partial charge in [0.2, 0.25) is 4.74 Å². The molecule has 0 saturated carbocycles. The Morgan fingerprint density at radius 3 is 2.20 bits per heavy atom. The van der Waals surface area contributed by atoms with Crippen LogP contribution < -0.4 is 4.74 Å². The summed E-state index contributed by atoms with van der Waals surface area (Å²) in [6, 6.07) is 0. The first-order valence-corrected chi connectivity index (χ1v) is 4.88. The largest absolute Gasteiger partial charge is 0.294 e. The maximum atomic E-state index is 10.8. The minimum Gasteiger partial charge on any atom is -0.294 e. The van der Waals surface area contributed by atoms with E-state index in [9.17, 15) is 9.59 Å². The molecule has 0 spiro atoms. The van der Waals surface area contributed by atoms with Crippen LogP contribution in [0.3, 0.4) is 0 Å². The lowest BCUT2D eigenvalue weighted by molar-refractivity contribution is 0.102. The van der Waals surface area contributed by atoms with Gasteiger partial charge in [-0.15, -0.1) is 0 Å². The van der Waals surface area contributed by atoms with Crippen LogP contribution in [-0.2, 0) is 0 Å². The summed E-state index contributed by atoms with van der Waals surface area (Å²) in [6.45, 7) is 3.16. The van der Waals surface area contributed by atoms with Crippen LogP contribution in [0.25, 0.3) is 0 Å². The molecular formula is C6H6O2S2. The predicted molar refractivity (Wildman–Crippen MR) is 43.2 cm³/mol. The van der Waals surface area contributed by atoms with Crippen molar-refractivity contribution < 1.29 is 4.79 Å². The van der Waals surface area contributed by atoms with E-state index in [4.69, 9.17) is 0 Å². The summed E-state index contributed by atoms with van der Waals surface area (Å²) in [5, 5.41) is 0. The molecule has 0 aliphatic rings. The molecule has 0 aromatic carbocycles. The summed E-state index contributed by atoms with van der Waals surface area (Å²) >= 11 is 0. The molecule has 1 aromatic rings. The Balaban J connectivity index is 3.31. The van der Waals surface area contributed by atoms with Crippen molar-refractivity contribution in [3.63, 3.8) is 0 Å². The highest BCUT2D eigenvalue weighted by Crippen LogP contribution is 2.15. The van der Waals surface area contributed by atoms with Crippen LogP contribution in [0, 0.1) is 6.92 Å². The van der Waals surface area contributed by atoms with Crippen molar-refractivity contribution >= 4 is 26.5 Å². The van der Waals surface area contributed by atoms with Crippen LogP contribution in [0.4, 0.5) is 0 Å². The van der Waals surface area contributed by atoms with Gasteiger partial charge in [0.25, 0.3) is 0 Å². The second-order valence-electron chi connectivity index (χ2n) is 1.96. The van der Waals surface area contributed by atoms with Crippen molar-refractivity contribution in [1.82, 2.24) is 0 Å². The zero-order chi connectivity index (χ0) is 7.72. The number of hydrogen-bond donors (Lipinski definition) is 0. The van der Waals surface area contributed by atoms with Crippen molar-refractivity contribution in [2.45, 2.75) is 13.8 Å². The van der Waals surface area contributed by atoms with Crippen molar-refractivity contribution in [3.05, 3.63) is 20.0 Å². The third-order valence-electron chi connectivity index (χ3n) is 1.17. The molecule has 0 atom stereocenters. The molecule has 0 amide bonds. The van der Waals surface area contributed by atoms with Gasteiger partial charge in [-0.3, -0.25) is 9.59 Å². The molecule has 0 saturated heterocycles. The van der Waals surface area contributed by atoms with Gasteiger partial charge in [0.1, 0.15) is 0 Å². The highest BCUT2D eigenvalue weighted by atomic mass is 32.9. The quantitative estimate of drug-likeness (QED) is 0.479. The summed E-state index contributed by atoms with van der Waals surface area (Å²) in [5.41, 5.74) is 0.600. The number of carbonyl (C=O) groups excluding carboxylic acids is 1. The van der Waals surface area contributed by atoms with Gasteiger partial charge in [-0.25, -0.2) is 0 Å². The molecule has 0 aliphatic heterocycles.